The van der Waals surface area contributed by atoms with Crippen LogP contribution in [0.5, 0.6) is 17.2 Å². The van der Waals surface area contributed by atoms with Gasteiger partial charge in [-0.05, 0) is 30.7 Å². The van der Waals surface area contributed by atoms with Crippen molar-refractivity contribution in [3.05, 3.63) is 52.1 Å². The highest BCUT2D eigenvalue weighted by molar-refractivity contribution is 6.30. The van der Waals surface area contributed by atoms with Crippen LogP contribution in [-0.2, 0) is 19.1 Å². The van der Waals surface area contributed by atoms with E-state index in [1.54, 1.807) is 6.92 Å². The molecule has 1 aliphatic heterocycles. The number of carboxylic acid groups (broad SMARTS) is 1. The molecule has 196 valence electrons. The molecular weight excluding hydrogens is 496 g/mol. The van der Waals surface area contributed by atoms with Crippen molar-refractivity contribution in [2.24, 2.45) is 0 Å². The Morgan fingerprint density at radius 1 is 0.919 bits per heavy atom. The number of aromatic hydroxyl groups is 2. The van der Waals surface area contributed by atoms with Crippen LogP contribution < -0.4 is 4.74 Å². The Morgan fingerprint density at radius 3 is 2.27 bits per heavy atom. The zero-order chi connectivity index (χ0) is 27.2. The first-order valence-corrected chi connectivity index (χ1v) is 10.9. The minimum atomic E-state index is -1.86. The molecule has 6 N–H and O–H groups in total. The molecule has 13 heteroatoms. The van der Waals surface area contributed by atoms with Crippen LogP contribution in [0, 0.1) is 6.92 Å². The number of ether oxygens (including phenoxy) is 3. The minimum absolute atomic E-state index is 0.109. The van der Waals surface area contributed by atoms with Crippen LogP contribution in [0.3, 0.4) is 0 Å². The highest BCUT2D eigenvalue weighted by atomic mass is 16.7. The molecule has 4 rings (SSSR count). The zero-order valence-corrected chi connectivity index (χ0v) is 19.2. The summed E-state index contributed by atoms with van der Waals surface area (Å²) in [7, 11) is 0. The molecule has 2 aliphatic rings. The molecule has 0 spiro atoms. The van der Waals surface area contributed by atoms with E-state index in [9.17, 15) is 44.7 Å². The third kappa shape index (κ3) is 4.84. The third-order valence-electron chi connectivity index (χ3n) is 5.91. The summed E-state index contributed by atoms with van der Waals surface area (Å²) in [5.41, 5.74) is -0.518. The van der Waals surface area contributed by atoms with Gasteiger partial charge in [0.05, 0.1) is 11.1 Å². The maximum Gasteiger partial charge on any atom is 0.317 e. The van der Waals surface area contributed by atoms with Crippen LogP contribution >= 0.6 is 0 Å². The molecule has 1 fully saturated rings. The van der Waals surface area contributed by atoms with Gasteiger partial charge in [0.25, 0.3) is 0 Å². The number of rotatable bonds is 6. The number of carboxylic acids is 1. The second-order valence-electron chi connectivity index (χ2n) is 8.62. The van der Waals surface area contributed by atoms with Crippen molar-refractivity contribution in [3.63, 3.8) is 0 Å². The van der Waals surface area contributed by atoms with E-state index in [2.05, 4.69) is 0 Å². The van der Waals surface area contributed by atoms with E-state index >= 15 is 0 Å². The number of ketones is 2. The number of hydrogen-bond acceptors (Lipinski definition) is 12. The Bertz CT molecular complexity index is 1300. The molecule has 0 saturated carbocycles. The first-order valence-electron chi connectivity index (χ1n) is 10.9. The van der Waals surface area contributed by atoms with Gasteiger partial charge in [0, 0.05) is 17.2 Å². The van der Waals surface area contributed by atoms with Crippen LogP contribution in [0.15, 0.2) is 24.3 Å². The Labute approximate surface area is 208 Å². The molecule has 1 heterocycles. The number of aryl methyl sites for hydroxylation is 1. The van der Waals surface area contributed by atoms with Crippen LogP contribution in [0.4, 0.5) is 0 Å². The maximum atomic E-state index is 13.3. The number of phenolic OH excluding ortho intramolecular Hbond substituents is 2. The Balaban J connectivity index is 1.65. The van der Waals surface area contributed by atoms with Crippen LogP contribution in [-0.4, -0.2) is 91.5 Å². The lowest BCUT2D eigenvalue weighted by molar-refractivity contribution is -0.278. The van der Waals surface area contributed by atoms with Gasteiger partial charge in [0.15, 0.2) is 5.78 Å². The van der Waals surface area contributed by atoms with Crippen molar-refractivity contribution in [2.75, 3.05) is 6.61 Å². The summed E-state index contributed by atoms with van der Waals surface area (Å²) in [5.74, 6) is -5.40. The van der Waals surface area contributed by atoms with Crippen LogP contribution in [0.25, 0.3) is 0 Å². The number of benzene rings is 2. The predicted octanol–water partition coefficient (Wildman–Crippen LogP) is -0.614. The molecule has 1 aliphatic carbocycles. The number of phenols is 2. The number of carbonyl (C=O) groups excluding carboxylic acids is 3. The van der Waals surface area contributed by atoms with Gasteiger partial charge in [0.1, 0.15) is 54.7 Å². The van der Waals surface area contributed by atoms with Crippen molar-refractivity contribution >= 4 is 23.5 Å². The van der Waals surface area contributed by atoms with Gasteiger partial charge in [-0.15, -0.1) is 0 Å². The molecule has 1 saturated heterocycles. The summed E-state index contributed by atoms with van der Waals surface area (Å²) < 4.78 is 15.9. The topological polar surface area (TPSA) is 217 Å². The normalized spacial score (nSPS) is 24.7. The Kier molecular flexibility index (Phi) is 6.88. The lowest BCUT2D eigenvalue weighted by Crippen LogP contribution is -2.60. The second-order valence-corrected chi connectivity index (χ2v) is 8.62. The maximum absolute atomic E-state index is 13.3. The van der Waals surface area contributed by atoms with Gasteiger partial charge in [0.2, 0.25) is 12.1 Å². The van der Waals surface area contributed by atoms with E-state index in [4.69, 9.17) is 19.3 Å². The van der Waals surface area contributed by atoms with E-state index in [0.717, 1.165) is 12.1 Å². The molecular formula is C24H22O13. The average Bonchev–Trinajstić information content (AvgIpc) is 2.80. The zero-order valence-electron chi connectivity index (χ0n) is 19.2. The number of hydrogen-bond donors (Lipinski definition) is 6. The number of fused-ring (bicyclic) bond motifs is 2. The molecule has 0 unspecified atom stereocenters. The van der Waals surface area contributed by atoms with Crippen LogP contribution in [0.1, 0.15) is 43.8 Å². The number of aliphatic hydroxyl groups is 3. The van der Waals surface area contributed by atoms with Crippen molar-refractivity contribution in [3.8, 4) is 17.2 Å². The molecule has 0 radical (unpaired) electrons. The highest BCUT2D eigenvalue weighted by Gasteiger charge is 2.46. The molecule has 0 aromatic heterocycles. The smallest absolute Gasteiger partial charge is 0.317 e. The summed E-state index contributed by atoms with van der Waals surface area (Å²) >= 11 is 0. The minimum Gasteiger partial charge on any atom is -0.508 e. The van der Waals surface area contributed by atoms with Gasteiger partial charge in [-0.1, -0.05) is 0 Å². The summed E-state index contributed by atoms with van der Waals surface area (Å²) in [6, 6.07) is 4.69. The summed E-state index contributed by atoms with van der Waals surface area (Å²) in [5, 5.41) is 59.6. The number of aliphatic hydroxyl groups excluding tert-OH is 3. The van der Waals surface area contributed by atoms with Gasteiger partial charge < -0.3 is 44.8 Å². The van der Waals surface area contributed by atoms with Gasteiger partial charge in [-0.3, -0.25) is 19.2 Å². The number of esters is 1. The molecule has 2 aromatic rings. The third-order valence-corrected chi connectivity index (χ3v) is 5.91. The lowest BCUT2D eigenvalue weighted by Gasteiger charge is -2.40. The summed E-state index contributed by atoms with van der Waals surface area (Å²) in [6.07, 6.45) is -9.60. The number of aliphatic carboxylic acids is 1. The van der Waals surface area contributed by atoms with Crippen molar-refractivity contribution < 1.29 is 64.0 Å². The van der Waals surface area contributed by atoms with Crippen molar-refractivity contribution in [1.29, 1.82) is 0 Å². The lowest BCUT2D eigenvalue weighted by atomic mass is 9.82. The van der Waals surface area contributed by atoms with Gasteiger partial charge >= 0.3 is 11.9 Å². The van der Waals surface area contributed by atoms with E-state index in [0.29, 0.717) is 5.56 Å². The fourth-order valence-electron chi connectivity index (χ4n) is 4.19. The summed E-state index contributed by atoms with van der Waals surface area (Å²) in [4.78, 5) is 48.6. The van der Waals surface area contributed by atoms with E-state index in [1.165, 1.54) is 12.1 Å². The van der Waals surface area contributed by atoms with Crippen molar-refractivity contribution in [2.45, 2.75) is 44.1 Å². The van der Waals surface area contributed by atoms with Crippen molar-refractivity contribution in [1.82, 2.24) is 0 Å². The average molecular weight is 518 g/mol. The molecule has 0 amide bonds. The van der Waals surface area contributed by atoms with E-state index < -0.39 is 78.7 Å². The first-order chi connectivity index (χ1) is 17.4. The molecule has 37 heavy (non-hydrogen) atoms. The SMILES string of the molecule is Cc1cc(O[C@@H]2O[C@H](COC(=O)CC(=O)O)[C@@H](O)[C@H](O)[C@H]2O)c2c(c1)C(=O)c1cc(O)cc(O)c1C2=O. The Hall–Kier alpha value is -4.04. The predicted molar refractivity (Wildman–Crippen MR) is 118 cm³/mol. The Morgan fingerprint density at radius 2 is 1.59 bits per heavy atom. The van der Waals surface area contributed by atoms with E-state index in [1.807, 2.05) is 0 Å². The molecule has 0 bridgehead atoms. The van der Waals surface area contributed by atoms with Gasteiger partial charge in [-0.2, -0.15) is 0 Å². The first kappa shape index (κ1) is 26.0. The standard InChI is InChI=1S/C24H22O13/c1-8-2-10-18(21(32)17-11(19(10)30)4-9(25)5-12(17)26)13(3-8)36-24-23(34)22(33)20(31)14(37-24)7-35-16(29)6-15(27)28/h2-5,14,20,22-26,31,33-34H,6-7H2,1H3,(H,27,28)/t14-,20-,22+,23-,24-/m1/s1. The molecule has 13 nitrogen and oxygen atoms in total. The highest BCUT2D eigenvalue weighted by Crippen LogP contribution is 2.40. The van der Waals surface area contributed by atoms with Crippen LogP contribution in [0.2, 0.25) is 0 Å². The van der Waals surface area contributed by atoms with Gasteiger partial charge in [-0.25, -0.2) is 0 Å². The molecule has 5 atom stereocenters. The molecule has 2 aromatic carbocycles. The van der Waals surface area contributed by atoms with E-state index in [-0.39, 0.29) is 28.0 Å². The fourth-order valence-corrected chi connectivity index (χ4v) is 4.19. The second kappa shape index (κ2) is 9.78. The monoisotopic (exact) mass is 518 g/mol. The number of carbonyl (C=O) groups is 4. The largest absolute Gasteiger partial charge is 0.508 e. The summed E-state index contributed by atoms with van der Waals surface area (Å²) in [6.45, 7) is 0.896. The fraction of sp³-hybridized carbons (Fsp3) is 0.333. The quantitative estimate of drug-likeness (QED) is 0.177.